The fourth-order valence-corrected chi connectivity index (χ4v) is 6.42. The molecule has 0 aliphatic heterocycles. The topological polar surface area (TPSA) is 20.2 Å². The molecule has 0 radical (unpaired) electrons. The Bertz CT molecular complexity index is 548. The Labute approximate surface area is 137 Å². The molecule has 0 heterocycles. The third-order valence-corrected chi connectivity index (χ3v) is 7.46. The van der Waals surface area contributed by atoms with Crippen LogP contribution in [-0.4, -0.2) is 17.6 Å². The first-order valence-corrected chi connectivity index (χ1v) is 9.42. The van der Waals surface area contributed by atoms with E-state index in [1.165, 1.54) is 23.1 Å². The first-order chi connectivity index (χ1) is 11.0. The molecule has 0 aromatic heterocycles. The van der Waals surface area contributed by atoms with Gasteiger partial charge in [0.2, 0.25) is 6.43 Å². The van der Waals surface area contributed by atoms with Crippen LogP contribution in [0, 0.1) is 23.2 Å². The molecular formula is C20H28F2O. The predicted molar refractivity (Wildman–Crippen MR) is 87.2 cm³/mol. The summed E-state index contributed by atoms with van der Waals surface area (Å²) in [5.41, 5.74) is 3.92. The van der Waals surface area contributed by atoms with Crippen LogP contribution in [0.2, 0.25) is 0 Å². The Morgan fingerprint density at radius 2 is 2.04 bits per heavy atom. The minimum Gasteiger partial charge on any atom is -0.393 e. The van der Waals surface area contributed by atoms with E-state index in [2.05, 4.69) is 6.08 Å². The number of aliphatic hydroxyl groups is 1. The number of alkyl halides is 2. The number of halogens is 2. The van der Waals surface area contributed by atoms with E-state index >= 15 is 0 Å². The Kier molecular flexibility index (Phi) is 3.91. The molecule has 128 valence electrons. The highest BCUT2D eigenvalue weighted by molar-refractivity contribution is 5.43. The van der Waals surface area contributed by atoms with Crippen molar-refractivity contribution in [2.24, 2.45) is 23.2 Å². The van der Waals surface area contributed by atoms with Gasteiger partial charge in [-0.3, -0.25) is 0 Å². The van der Waals surface area contributed by atoms with Gasteiger partial charge in [-0.15, -0.1) is 0 Å². The third-order valence-electron chi connectivity index (χ3n) is 7.46. The van der Waals surface area contributed by atoms with Crippen molar-refractivity contribution in [2.45, 2.75) is 77.2 Å². The highest BCUT2D eigenvalue weighted by Gasteiger charge is 2.56. The fourth-order valence-electron chi connectivity index (χ4n) is 6.42. The van der Waals surface area contributed by atoms with Crippen molar-refractivity contribution in [3.8, 4) is 0 Å². The van der Waals surface area contributed by atoms with Crippen LogP contribution in [0.15, 0.2) is 22.8 Å². The molecule has 0 spiro atoms. The summed E-state index contributed by atoms with van der Waals surface area (Å²) in [6.07, 6.45) is 8.53. The first-order valence-electron chi connectivity index (χ1n) is 9.42. The van der Waals surface area contributed by atoms with Crippen LogP contribution in [0.3, 0.4) is 0 Å². The van der Waals surface area contributed by atoms with Crippen molar-refractivity contribution in [3.63, 3.8) is 0 Å². The fraction of sp³-hybridized carbons (Fsp3) is 0.800. The molecule has 23 heavy (non-hydrogen) atoms. The number of rotatable bonds is 2. The van der Waals surface area contributed by atoms with Crippen LogP contribution < -0.4 is 0 Å². The van der Waals surface area contributed by atoms with Crippen LogP contribution in [0.4, 0.5) is 8.78 Å². The maximum Gasteiger partial charge on any atom is 0.242 e. The lowest BCUT2D eigenvalue weighted by atomic mass is 9.53. The molecule has 0 bridgehead atoms. The standard InChI is InChI=1S/C20H28F2O/c1-12(23)20-9-4-7-17(20)18-15(8-10-20)14-6-3-2-5-13(14)11-16(18)19(21)22/h5,12,16-19,23H,2-4,6-11H2,1H3/t12?,16-,17+,18+,20+/m1/s1. The quantitative estimate of drug-likeness (QED) is 0.735. The molecule has 1 nitrogen and oxygen atoms in total. The van der Waals surface area contributed by atoms with Crippen molar-refractivity contribution < 1.29 is 13.9 Å². The van der Waals surface area contributed by atoms with Gasteiger partial charge in [0.1, 0.15) is 0 Å². The zero-order valence-electron chi connectivity index (χ0n) is 14.0. The predicted octanol–water partition coefficient (Wildman–Crippen LogP) is 5.26. The smallest absolute Gasteiger partial charge is 0.242 e. The van der Waals surface area contributed by atoms with E-state index in [1.54, 1.807) is 0 Å². The van der Waals surface area contributed by atoms with Gasteiger partial charge in [-0.05, 0) is 86.7 Å². The van der Waals surface area contributed by atoms with Crippen molar-refractivity contribution in [1.29, 1.82) is 0 Å². The summed E-state index contributed by atoms with van der Waals surface area (Å²) in [5, 5.41) is 10.5. The van der Waals surface area contributed by atoms with Crippen molar-refractivity contribution >= 4 is 0 Å². The highest BCUT2D eigenvalue weighted by Crippen LogP contribution is 2.63. The Morgan fingerprint density at radius 3 is 2.78 bits per heavy atom. The summed E-state index contributed by atoms with van der Waals surface area (Å²) in [4.78, 5) is 0. The summed E-state index contributed by atoms with van der Waals surface area (Å²) in [7, 11) is 0. The van der Waals surface area contributed by atoms with E-state index in [0.29, 0.717) is 6.42 Å². The second kappa shape index (κ2) is 5.68. The van der Waals surface area contributed by atoms with Gasteiger partial charge in [-0.1, -0.05) is 18.1 Å². The molecule has 0 aromatic rings. The molecular weight excluding hydrogens is 294 g/mol. The van der Waals surface area contributed by atoms with E-state index in [1.807, 2.05) is 6.92 Å². The maximum absolute atomic E-state index is 13.9. The molecule has 5 atom stereocenters. The lowest BCUT2D eigenvalue weighted by molar-refractivity contribution is -0.0616. The zero-order valence-corrected chi connectivity index (χ0v) is 14.0. The zero-order chi connectivity index (χ0) is 16.2. The maximum atomic E-state index is 13.9. The number of fused-ring (bicyclic) bond motifs is 4. The van der Waals surface area contributed by atoms with E-state index in [9.17, 15) is 13.9 Å². The van der Waals surface area contributed by atoms with Crippen LogP contribution in [0.5, 0.6) is 0 Å². The van der Waals surface area contributed by atoms with E-state index in [0.717, 1.165) is 44.9 Å². The lowest BCUT2D eigenvalue weighted by Gasteiger charge is -2.52. The van der Waals surface area contributed by atoms with E-state index in [-0.39, 0.29) is 23.4 Å². The Hall–Kier alpha value is -0.700. The van der Waals surface area contributed by atoms with E-state index < -0.39 is 12.3 Å². The molecule has 0 saturated heterocycles. The largest absolute Gasteiger partial charge is 0.393 e. The number of hydrogen-bond acceptors (Lipinski definition) is 1. The Balaban J connectivity index is 1.81. The molecule has 4 aliphatic rings. The van der Waals surface area contributed by atoms with Crippen molar-refractivity contribution in [3.05, 3.63) is 22.8 Å². The highest BCUT2D eigenvalue weighted by atomic mass is 19.3. The average molecular weight is 322 g/mol. The van der Waals surface area contributed by atoms with Gasteiger partial charge in [-0.2, -0.15) is 0 Å². The van der Waals surface area contributed by atoms with Gasteiger partial charge in [0.25, 0.3) is 0 Å². The molecule has 4 aliphatic carbocycles. The van der Waals surface area contributed by atoms with Crippen LogP contribution in [0.25, 0.3) is 0 Å². The summed E-state index contributed by atoms with van der Waals surface area (Å²) in [6, 6.07) is 0. The minimum absolute atomic E-state index is 0.0195. The normalized spacial score (nSPS) is 41.3. The lowest BCUT2D eigenvalue weighted by Crippen LogP contribution is -2.48. The minimum atomic E-state index is -2.25. The van der Waals surface area contributed by atoms with Crippen LogP contribution >= 0.6 is 0 Å². The molecule has 2 fully saturated rings. The van der Waals surface area contributed by atoms with Gasteiger partial charge < -0.3 is 5.11 Å². The monoisotopic (exact) mass is 322 g/mol. The first kappa shape index (κ1) is 15.8. The van der Waals surface area contributed by atoms with Crippen LogP contribution in [-0.2, 0) is 0 Å². The second-order valence-electron chi connectivity index (χ2n) is 8.26. The molecule has 3 heteroatoms. The number of aliphatic hydroxyl groups excluding tert-OH is 1. The van der Waals surface area contributed by atoms with Gasteiger partial charge >= 0.3 is 0 Å². The van der Waals surface area contributed by atoms with Crippen molar-refractivity contribution in [1.82, 2.24) is 0 Å². The molecule has 0 aromatic carbocycles. The van der Waals surface area contributed by atoms with E-state index in [4.69, 9.17) is 0 Å². The third kappa shape index (κ3) is 2.26. The summed E-state index contributed by atoms with van der Waals surface area (Å²) < 4.78 is 27.8. The van der Waals surface area contributed by atoms with Gasteiger partial charge in [0.05, 0.1) is 6.10 Å². The SMILES string of the molecule is CC(O)[C@@]12CCC[C@H]1[C@H]1C(=C3CCCC=C3C[C@H]1C(F)F)CC2. The molecule has 1 N–H and O–H groups in total. The van der Waals surface area contributed by atoms with Gasteiger partial charge in [-0.25, -0.2) is 8.78 Å². The van der Waals surface area contributed by atoms with Gasteiger partial charge in [0.15, 0.2) is 0 Å². The molecule has 1 unspecified atom stereocenters. The van der Waals surface area contributed by atoms with Crippen LogP contribution in [0.1, 0.15) is 64.7 Å². The second-order valence-corrected chi connectivity index (χ2v) is 8.26. The summed E-state index contributed by atoms with van der Waals surface area (Å²) >= 11 is 0. The summed E-state index contributed by atoms with van der Waals surface area (Å²) in [6.45, 7) is 1.89. The van der Waals surface area contributed by atoms with Crippen molar-refractivity contribution in [2.75, 3.05) is 0 Å². The van der Waals surface area contributed by atoms with Gasteiger partial charge in [0, 0.05) is 5.92 Å². The molecule has 0 amide bonds. The number of allylic oxidation sites excluding steroid dienone is 4. The molecule has 4 rings (SSSR count). The summed E-state index contributed by atoms with van der Waals surface area (Å²) in [5.74, 6) is -0.244. The average Bonchev–Trinajstić information content (AvgIpc) is 2.99. The molecule has 2 saturated carbocycles. The number of hydrogen-bond donors (Lipinski definition) is 1. The Morgan fingerprint density at radius 1 is 1.22 bits per heavy atom.